The van der Waals surface area contributed by atoms with E-state index in [4.69, 9.17) is 4.74 Å². The molecule has 1 N–H and O–H groups in total. The average Bonchev–Trinajstić information content (AvgIpc) is 3.25. The van der Waals surface area contributed by atoms with E-state index in [1.165, 1.54) is 22.5 Å². The van der Waals surface area contributed by atoms with Gasteiger partial charge in [-0.3, -0.25) is 23.6 Å². The lowest BCUT2D eigenvalue weighted by atomic mass is 10.2. The van der Waals surface area contributed by atoms with Gasteiger partial charge < -0.3 is 19.5 Å². The number of fused-ring (bicyclic) bond motifs is 1. The largest absolute Gasteiger partial charge is 0.495 e. The van der Waals surface area contributed by atoms with Gasteiger partial charge in [0, 0.05) is 53.4 Å². The van der Waals surface area contributed by atoms with Gasteiger partial charge in [-0.05, 0) is 12.1 Å². The summed E-state index contributed by atoms with van der Waals surface area (Å²) in [7, 11) is 4.65. The topological polar surface area (TPSA) is 107 Å². The minimum absolute atomic E-state index is 0.0362. The minimum atomic E-state index is -0.466. The lowest BCUT2D eigenvalue weighted by Gasteiger charge is -2.36. The molecule has 1 saturated heterocycles. The van der Waals surface area contributed by atoms with Crippen LogP contribution in [0.5, 0.6) is 5.75 Å². The molecule has 1 aromatic carbocycles. The summed E-state index contributed by atoms with van der Waals surface area (Å²) < 4.78 is 9.27. The molecule has 2 aromatic heterocycles. The number of imidazole rings is 1. The molecular formula is C22H29N7O4. The predicted molar refractivity (Wildman–Crippen MR) is 125 cm³/mol. The molecule has 1 amide bonds. The number of anilines is 1. The van der Waals surface area contributed by atoms with Crippen molar-refractivity contribution in [2.45, 2.75) is 6.54 Å². The third-order valence-corrected chi connectivity index (χ3v) is 6.08. The number of nitrogens with one attached hydrogen (secondary N) is 1. The highest BCUT2D eigenvalue weighted by molar-refractivity contribution is 5.78. The predicted octanol–water partition coefficient (Wildman–Crippen LogP) is -0.619. The van der Waals surface area contributed by atoms with Crippen LogP contribution >= 0.6 is 0 Å². The standard InChI is InChI=1S/C22H29N7O4/c1-25-20-19(21(31)26(2)22(25)32)29(15-24-20)14-18(30)23-8-9-27-10-12-28(13-11-27)16-6-4-5-7-17(16)33-3/h4-7,15H,8-14H2,1-3H3,(H,23,30). The summed E-state index contributed by atoms with van der Waals surface area (Å²) in [5.41, 5.74) is 0.689. The summed E-state index contributed by atoms with van der Waals surface area (Å²) in [6.45, 7) is 4.78. The smallest absolute Gasteiger partial charge is 0.332 e. The van der Waals surface area contributed by atoms with E-state index in [1.54, 1.807) is 14.2 Å². The SMILES string of the molecule is COc1ccccc1N1CCN(CCNC(=O)Cn2cnc3c2c(=O)n(C)c(=O)n3C)CC1. The molecule has 0 bridgehead atoms. The van der Waals surface area contributed by atoms with Crippen LogP contribution in [0.25, 0.3) is 11.2 Å². The van der Waals surface area contributed by atoms with Crippen molar-refractivity contribution in [2.24, 2.45) is 14.1 Å². The maximum absolute atomic E-state index is 12.5. The summed E-state index contributed by atoms with van der Waals surface area (Å²) in [5.74, 6) is 0.665. The zero-order chi connectivity index (χ0) is 23.5. The Morgan fingerprint density at radius 3 is 2.55 bits per heavy atom. The van der Waals surface area contributed by atoms with E-state index in [-0.39, 0.29) is 23.6 Å². The fraction of sp³-hybridized carbons (Fsp3) is 0.455. The number of aryl methyl sites for hydroxylation is 1. The Bertz CT molecular complexity index is 1270. The molecule has 0 aliphatic carbocycles. The number of benzene rings is 1. The monoisotopic (exact) mass is 455 g/mol. The van der Waals surface area contributed by atoms with E-state index >= 15 is 0 Å². The molecule has 0 unspecified atom stereocenters. The van der Waals surface area contributed by atoms with Gasteiger partial charge in [-0.1, -0.05) is 12.1 Å². The van der Waals surface area contributed by atoms with Crippen LogP contribution in [0.2, 0.25) is 0 Å². The van der Waals surface area contributed by atoms with Crippen molar-refractivity contribution >= 4 is 22.8 Å². The molecule has 1 aliphatic rings. The second-order valence-corrected chi connectivity index (χ2v) is 8.10. The average molecular weight is 456 g/mol. The number of methoxy groups -OCH3 is 1. The molecule has 3 aromatic rings. The van der Waals surface area contributed by atoms with E-state index in [0.717, 1.165) is 48.7 Å². The van der Waals surface area contributed by atoms with Crippen molar-refractivity contribution in [3.63, 3.8) is 0 Å². The van der Waals surface area contributed by atoms with Crippen molar-refractivity contribution in [3.8, 4) is 5.75 Å². The van der Waals surface area contributed by atoms with Gasteiger partial charge in [-0.25, -0.2) is 9.78 Å². The Balaban J connectivity index is 1.29. The van der Waals surface area contributed by atoms with E-state index < -0.39 is 11.2 Å². The van der Waals surface area contributed by atoms with E-state index in [2.05, 4.69) is 26.2 Å². The van der Waals surface area contributed by atoms with Crippen LogP contribution in [0.4, 0.5) is 5.69 Å². The van der Waals surface area contributed by atoms with Crippen molar-refractivity contribution in [2.75, 3.05) is 51.3 Å². The highest BCUT2D eigenvalue weighted by atomic mass is 16.5. The summed E-state index contributed by atoms with van der Waals surface area (Å²) >= 11 is 0. The number of carbonyl (C=O) groups excluding carboxylic acids is 1. The second-order valence-electron chi connectivity index (χ2n) is 8.10. The van der Waals surface area contributed by atoms with Gasteiger partial charge in [0.1, 0.15) is 12.3 Å². The van der Waals surface area contributed by atoms with Gasteiger partial charge in [0.15, 0.2) is 11.2 Å². The molecule has 0 radical (unpaired) electrons. The Morgan fingerprint density at radius 2 is 1.82 bits per heavy atom. The number of piperazine rings is 1. The van der Waals surface area contributed by atoms with Gasteiger partial charge in [0.05, 0.1) is 19.1 Å². The van der Waals surface area contributed by atoms with E-state index in [9.17, 15) is 14.4 Å². The lowest BCUT2D eigenvalue weighted by molar-refractivity contribution is -0.121. The number of rotatable bonds is 7. The molecule has 11 heteroatoms. The Morgan fingerprint density at radius 1 is 1.09 bits per heavy atom. The van der Waals surface area contributed by atoms with Crippen LogP contribution in [-0.2, 0) is 25.4 Å². The quantitative estimate of drug-likeness (QED) is 0.506. The molecule has 0 spiro atoms. The normalized spacial score (nSPS) is 14.6. The van der Waals surface area contributed by atoms with Gasteiger partial charge in [-0.15, -0.1) is 0 Å². The fourth-order valence-corrected chi connectivity index (χ4v) is 4.18. The number of para-hydroxylation sites is 2. The van der Waals surface area contributed by atoms with Gasteiger partial charge in [-0.2, -0.15) is 0 Å². The number of hydrogen-bond acceptors (Lipinski definition) is 7. The molecular weight excluding hydrogens is 426 g/mol. The first-order chi connectivity index (χ1) is 15.9. The molecule has 0 saturated carbocycles. The Kier molecular flexibility index (Phi) is 6.50. The second kappa shape index (κ2) is 9.49. The number of nitrogens with zero attached hydrogens (tertiary/aromatic N) is 6. The fourth-order valence-electron chi connectivity index (χ4n) is 4.18. The van der Waals surface area contributed by atoms with Crippen LogP contribution in [0.15, 0.2) is 40.2 Å². The van der Waals surface area contributed by atoms with Crippen molar-refractivity contribution in [3.05, 3.63) is 51.4 Å². The first kappa shape index (κ1) is 22.6. The Labute approximate surface area is 190 Å². The first-order valence-electron chi connectivity index (χ1n) is 10.9. The molecule has 3 heterocycles. The Hall–Kier alpha value is -3.60. The zero-order valence-corrected chi connectivity index (χ0v) is 19.2. The molecule has 11 nitrogen and oxygen atoms in total. The van der Waals surface area contributed by atoms with E-state index in [1.807, 2.05) is 18.2 Å². The number of aromatic nitrogens is 4. The maximum atomic E-state index is 12.5. The summed E-state index contributed by atoms with van der Waals surface area (Å²) in [6.07, 6.45) is 1.42. The van der Waals surface area contributed by atoms with Crippen LogP contribution < -0.4 is 26.2 Å². The molecule has 1 aliphatic heterocycles. The summed E-state index contributed by atoms with van der Waals surface area (Å²) in [6, 6.07) is 8.02. The summed E-state index contributed by atoms with van der Waals surface area (Å²) in [5, 5.41) is 2.91. The minimum Gasteiger partial charge on any atom is -0.495 e. The van der Waals surface area contributed by atoms with Gasteiger partial charge in [0.25, 0.3) is 5.56 Å². The maximum Gasteiger partial charge on any atom is 0.332 e. The third kappa shape index (κ3) is 4.49. The van der Waals surface area contributed by atoms with E-state index in [0.29, 0.717) is 6.54 Å². The van der Waals surface area contributed by atoms with Crippen LogP contribution in [0, 0.1) is 0 Å². The van der Waals surface area contributed by atoms with Crippen LogP contribution in [0.3, 0.4) is 0 Å². The van der Waals surface area contributed by atoms with Crippen LogP contribution in [-0.4, -0.2) is 75.9 Å². The highest BCUT2D eigenvalue weighted by Gasteiger charge is 2.20. The van der Waals surface area contributed by atoms with Crippen molar-refractivity contribution in [1.29, 1.82) is 0 Å². The lowest BCUT2D eigenvalue weighted by Crippen LogP contribution is -2.48. The molecule has 4 rings (SSSR count). The molecule has 0 atom stereocenters. The van der Waals surface area contributed by atoms with Gasteiger partial charge >= 0.3 is 5.69 Å². The van der Waals surface area contributed by atoms with Crippen LogP contribution in [0.1, 0.15) is 0 Å². The zero-order valence-electron chi connectivity index (χ0n) is 19.2. The molecule has 1 fully saturated rings. The molecule has 176 valence electrons. The summed E-state index contributed by atoms with van der Waals surface area (Å²) in [4.78, 5) is 45.8. The number of hydrogen-bond donors (Lipinski definition) is 1. The number of carbonyl (C=O) groups is 1. The van der Waals surface area contributed by atoms with Gasteiger partial charge in [0.2, 0.25) is 5.91 Å². The third-order valence-electron chi connectivity index (χ3n) is 6.08. The van der Waals surface area contributed by atoms with Crippen molar-refractivity contribution < 1.29 is 9.53 Å². The number of ether oxygens (including phenoxy) is 1. The number of amides is 1. The highest BCUT2D eigenvalue weighted by Crippen LogP contribution is 2.28. The first-order valence-corrected chi connectivity index (χ1v) is 10.9. The molecule has 33 heavy (non-hydrogen) atoms. The van der Waals surface area contributed by atoms with Crippen molar-refractivity contribution in [1.82, 2.24) is 28.9 Å².